The number of aliphatic hydroxyl groups is 1. The van der Waals surface area contributed by atoms with Gasteiger partial charge in [-0.1, -0.05) is 6.07 Å². The Balaban J connectivity index is 1.40. The topological polar surface area (TPSA) is 108 Å². The van der Waals surface area contributed by atoms with Gasteiger partial charge in [0.15, 0.2) is 11.5 Å². The number of ether oxygens (including phenoxy) is 2. The molecule has 0 radical (unpaired) electrons. The van der Waals surface area contributed by atoms with Crippen LogP contribution in [0.2, 0.25) is 0 Å². The third-order valence-corrected chi connectivity index (χ3v) is 5.97. The lowest BCUT2D eigenvalue weighted by Crippen LogP contribution is -2.06. The lowest BCUT2D eigenvalue weighted by atomic mass is 10.1. The van der Waals surface area contributed by atoms with Crippen LogP contribution in [-0.2, 0) is 26.4 Å². The van der Waals surface area contributed by atoms with Crippen LogP contribution in [0.5, 0.6) is 11.8 Å². The second kappa shape index (κ2) is 9.97. The van der Waals surface area contributed by atoms with Gasteiger partial charge in [0, 0.05) is 25.2 Å². The molecule has 0 unspecified atom stereocenters. The summed E-state index contributed by atoms with van der Waals surface area (Å²) in [4.78, 5) is 20.9. The first-order chi connectivity index (χ1) is 18.2. The van der Waals surface area contributed by atoms with Gasteiger partial charge in [0.1, 0.15) is 30.1 Å². The van der Waals surface area contributed by atoms with Crippen molar-refractivity contribution in [2.45, 2.75) is 38.1 Å². The number of alkyl halides is 3. The first-order valence-corrected chi connectivity index (χ1v) is 11.6. The number of aromatic nitrogens is 6. The minimum atomic E-state index is -4.64. The molecule has 198 valence electrons. The molecule has 0 bridgehead atoms. The van der Waals surface area contributed by atoms with Crippen molar-refractivity contribution in [2.24, 2.45) is 7.05 Å². The molecule has 1 aromatic carbocycles. The van der Waals surface area contributed by atoms with Crippen LogP contribution >= 0.6 is 0 Å². The molecule has 0 saturated heterocycles. The second-order valence-corrected chi connectivity index (χ2v) is 8.76. The molecule has 5 rings (SSSR count). The van der Waals surface area contributed by atoms with Gasteiger partial charge in [0.25, 0.3) is 0 Å². The standard InChI is InChI=1S/C25H22F4N6O3/c1-35-9-18(25(27,28)29)33-23(35)16-6-3-13(7-17(16)26)11-38-19-8-15(10-36)32-22(34-19)20-21(14-4-5-14)30-12-31-24(20)37-2/h3,6-9,12,14,36H,4-5,10-11H2,1-2H3. The third-order valence-electron chi connectivity index (χ3n) is 5.97. The van der Waals surface area contributed by atoms with Crippen molar-refractivity contribution in [3.63, 3.8) is 0 Å². The van der Waals surface area contributed by atoms with Gasteiger partial charge in [-0.3, -0.25) is 0 Å². The molecule has 38 heavy (non-hydrogen) atoms. The Morgan fingerprint density at radius 2 is 1.89 bits per heavy atom. The Kier molecular flexibility index (Phi) is 6.69. The molecule has 0 spiro atoms. The number of hydrogen-bond donors (Lipinski definition) is 1. The molecule has 1 fully saturated rings. The highest BCUT2D eigenvalue weighted by Gasteiger charge is 2.35. The molecular formula is C25H22F4N6O3. The van der Waals surface area contributed by atoms with Crippen LogP contribution in [0.4, 0.5) is 17.6 Å². The van der Waals surface area contributed by atoms with Crippen LogP contribution in [0.15, 0.2) is 36.8 Å². The van der Waals surface area contributed by atoms with Gasteiger partial charge >= 0.3 is 6.18 Å². The molecule has 4 aromatic rings. The maximum absolute atomic E-state index is 14.9. The van der Waals surface area contributed by atoms with Gasteiger partial charge in [0.05, 0.1) is 30.7 Å². The molecule has 3 heterocycles. The predicted octanol–water partition coefficient (Wildman–Crippen LogP) is 4.45. The van der Waals surface area contributed by atoms with Crippen LogP contribution in [0.1, 0.15) is 41.4 Å². The summed E-state index contributed by atoms with van der Waals surface area (Å²) in [7, 11) is 2.84. The largest absolute Gasteiger partial charge is 0.480 e. The molecule has 0 amide bonds. The fourth-order valence-corrected chi connectivity index (χ4v) is 3.99. The normalized spacial score (nSPS) is 13.6. The predicted molar refractivity (Wildman–Crippen MR) is 125 cm³/mol. The number of benzene rings is 1. The Hall–Kier alpha value is -4.13. The average Bonchev–Trinajstić information content (AvgIpc) is 3.67. The zero-order valence-electron chi connectivity index (χ0n) is 20.3. The highest BCUT2D eigenvalue weighted by atomic mass is 19.4. The summed E-state index contributed by atoms with van der Waals surface area (Å²) < 4.78 is 66.2. The molecule has 1 N–H and O–H groups in total. The first kappa shape index (κ1) is 25.5. The minimum Gasteiger partial charge on any atom is -0.480 e. The van der Waals surface area contributed by atoms with Crippen molar-refractivity contribution in [1.29, 1.82) is 0 Å². The summed E-state index contributed by atoms with van der Waals surface area (Å²) in [6.07, 6.45) is -0.491. The van der Waals surface area contributed by atoms with Gasteiger partial charge in [-0.2, -0.15) is 18.2 Å². The van der Waals surface area contributed by atoms with E-state index >= 15 is 0 Å². The van der Waals surface area contributed by atoms with Crippen LogP contribution in [-0.4, -0.2) is 41.7 Å². The van der Waals surface area contributed by atoms with Gasteiger partial charge in [0.2, 0.25) is 11.8 Å². The summed E-state index contributed by atoms with van der Waals surface area (Å²) in [6.45, 7) is -0.488. The van der Waals surface area contributed by atoms with E-state index in [1.54, 1.807) is 0 Å². The minimum absolute atomic E-state index is 0.0811. The third kappa shape index (κ3) is 5.14. The number of halogens is 4. The number of aliphatic hydroxyl groups excluding tert-OH is 1. The highest BCUT2D eigenvalue weighted by Crippen LogP contribution is 2.45. The second-order valence-electron chi connectivity index (χ2n) is 8.76. The first-order valence-electron chi connectivity index (χ1n) is 11.6. The van der Waals surface area contributed by atoms with Crippen molar-refractivity contribution < 1.29 is 32.1 Å². The van der Waals surface area contributed by atoms with Gasteiger partial charge in [-0.05, 0) is 30.5 Å². The Bertz CT molecular complexity index is 1490. The molecular weight excluding hydrogens is 508 g/mol. The SMILES string of the molecule is COc1ncnc(C2CC2)c1-c1nc(CO)cc(OCc2ccc(-c3nc(C(F)(F)F)cn3C)c(F)c2)n1. The van der Waals surface area contributed by atoms with Gasteiger partial charge < -0.3 is 19.1 Å². The lowest BCUT2D eigenvalue weighted by Gasteiger charge is -2.13. The van der Waals surface area contributed by atoms with E-state index in [0.29, 0.717) is 17.0 Å². The average molecular weight is 530 g/mol. The van der Waals surface area contributed by atoms with Crippen molar-refractivity contribution in [3.05, 3.63) is 65.3 Å². The molecule has 0 aliphatic heterocycles. The van der Waals surface area contributed by atoms with E-state index < -0.39 is 17.7 Å². The molecule has 1 aliphatic rings. The quantitative estimate of drug-likeness (QED) is 0.333. The van der Waals surface area contributed by atoms with E-state index in [9.17, 15) is 22.7 Å². The summed E-state index contributed by atoms with van der Waals surface area (Å²) in [5, 5.41) is 9.75. The number of rotatable bonds is 8. The van der Waals surface area contributed by atoms with E-state index in [-0.39, 0.29) is 47.9 Å². The molecule has 1 saturated carbocycles. The molecule has 3 aromatic heterocycles. The number of imidazole rings is 1. The van der Waals surface area contributed by atoms with E-state index in [0.717, 1.165) is 35.4 Å². The molecule has 9 nitrogen and oxygen atoms in total. The van der Waals surface area contributed by atoms with Crippen molar-refractivity contribution in [2.75, 3.05) is 7.11 Å². The van der Waals surface area contributed by atoms with Gasteiger partial charge in [-0.25, -0.2) is 24.3 Å². The number of hydrogen-bond acceptors (Lipinski definition) is 8. The fraction of sp³-hybridized carbons (Fsp3) is 0.320. The van der Waals surface area contributed by atoms with E-state index in [1.165, 1.54) is 38.7 Å². The van der Waals surface area contributed by atoms with Crippen molar-refractivity contribution in [1.82, 2.24) is 29.5 Å². The van der Waals surface area contributed by atoms with E-state index in [2.05, 4.69) is 24.9 Å². The number of nitrogens with zero attached hydrogens (tertiary/aromatic N) is 6. The molecule has 13 heteroatoms. The highest BCUT2D eigenvalue weighted by molar-refractivity contribution is 5.66. The van der Waals surface area contributed by atoms with Crippen LogP contribution in [0, 0.1) is 5.82 Å². The number of aryl methyl sites for hydroxylation is 1. The number of methoxy groups -OCH3 is 1. The van der Waals surface area contributed by atoms with E-state index in [4.69, 9.17) is 9.47 Å². The monoisotopic (exact) mass is 530 g/mol. The zero-order valence-corrected chi connectivity index (χ0v) is 20.3. The van der Waals surface area contributed by atoms with Gasteiger partial charge in [-0.15, -0.1) is 0 Å². The van der Waals surface area contributed by atoms with Crippen LogP contribution < -0.4 is 9.47 Å². The Morgan fingerprint density at radius 3 is 2.53 bits per heavy atom. The summed E-state index contributed by atoms with van der Waals surface area (Å²) in [6, 6.07) is 5.48. The zero-order chi connectivity index (χ0) is 27.0. The van der Waals surface area contributed by atoms with Crippen LogP contribution in [0.3, 0.4) is 0 Å². The van der Waals surface area contributed by atoms with Crippen molar-refractivity contribution >= 4 is 0 Å². The molecule has 0 atom stereocenters. The Morgan fingerprint density at radius 1 is 1.11 bits per heavy atom. The lowest BCUT2D eigenvalue weighted by molar-refractivity contribution is -0.140. The Labute approximate surface area is 214 Å². The smallest absolute Gasteiger partial charge is 0.434 e. The van der Waals surface area contributed by atoms with Crippen LogP contribution in [0.25, 0.3) is 22.8 Å². The maximum atomic E-state index is 14.9. The summed E-state index contributed by atoms with van der Waals surface area (Å²) >= 11 is 0. The van der Waals surface area contributed by atoms with Crippen molar-refractivity contribution in [3.8, 4) is 34.5 Å². The molecule has 1 aliphatic carbocycles. The van der Waals surface area contributed by atoms with E-state index in [1.807, 2.05) is 0 Å². The summed E-state index contributed by atoms with van der Waals surface area (Å²) in [5.74, 6) is -0.0320. The maximum Gasteiger partial charge on any atom is 0.434 e. The fourth-order valence-electron chi connectivity index (χ4n) is 3.99. The summed E-state index contributed by atoms with van der Waals surface area (Å²) in [5.41, 5.74) is 0.768.